The maximum atomic E-state index is 11.9. The first-order valence-corrected chi connectivity index (χ1v) is 6.52. The van der Waals surface area contributed by atoms with Gasteiger partial charge in [0.15, 0.2) is 0 Å². The van der Waals surface area contributed by atoms with Gasteiger partial charge in [0.05, 0.1) is 6.10 Å². The Balaban J connectivity index is 1.99. The Labute approximate surface area is 103 Å². The van der Waals surface area contributed by atoms with Crippen LogP contribution < -0.4 is 0 Å². The predicted octanol–water partition coefficient (Wildman–Crippen LogP) is 1.03. The number of nitrogens with zero attached hydrogens (tertiary/aromatic N) is 1. The monoisotopic (exact) mass is 241 g/mol. The molecule has 3 atom stereocenters. The van der Waals surface area contributed by atoms with E-state index in [4.69, 9.17) is 9.84 Å². The number of ether oxygens (including phenoxy) is 1. The summed E-state index contributed by atoms with van der Waals surface area (Å²) in [6, 6.07) is 0.281. The standard InChI is InChI=1S/C13H23NO3/c1-4-17-11-6-10(13(11,2)3)14-7-9(8-15)5-12(14)16/h9-11,15H,4-8H2,1-3H3. The van der Waals surface area contributed by atoms with Crippen LogP contribution in [0.2, 0.25) is 0 Å². The molecule has 3 unspecified atom stereocenters. The lowest BCUT2D eigenvalue weighted by Gasteiger charge is -2.55. The summed E-state index contributed by atoms with van der Waals surface area (Å²) in [7, 11) is 0. The third-order valence-electron chi connectivity index (χ3n) is 4.37. The van der Waals surface area contributed by atoms with Gasteiger partial charge in [-0.05, 0) is 13.3 Å². The van der Waals surface area contributed by atoms with Crippen molar-refractivity contribution in [1.82, 2.24) is 4.90 Å². The highest BCUT2D eigenvalue weighted by molar-refractivity contribution is 5.79. The number of carbonyl (C=O) groups excluding carboxylic acids is 1. The molecule has 2 aliphatic rings. The van der Waals surface area contributed by atoms with E-state index in [1.165, 1.54) is 0 Å². The van der Waals surface area contributed by atoms with Crippen LogP contribution in [-0.2, 0) is 9.53 Å². The summed E-state index contributed by atoms with van der Waals surface area (Å²) in [6.45, 7) is 7.90. The van der Waals surface area contributed by atoms with Crippen molar-refractivity contribution in [3.63, 3.8) is 0 Å². The molecule has 0 aromatic carbocycles. The summed E-state index contributed by atoms with van der Waals surface area (Å²) in [5.74, 6) is 0.321. The SMILES string of the molecule is CCOC1CC(N2CC(CO)CC2=O)C1(C)C. The molecule has 17 heavy (non-hydrogen) atoms. The van der Waals surface area contributed by atoms with E-state index in [1.54, 1.807) is 0 Å². The molecule has 98 valence electrons. The van der Waals surface area contributed by atoms with Crippen LogP contribution >= 0.6 is 0 Å². The van der Waals surface area contributed by atoms with Gasteiger partial charge in [-0.25, -0.2) is 0 Å². The lowest BCUT2D eigenvalue weighted by molar-refractivity contribution is -0.162. The smallest absolute Gasteiger partial charge is 0.223 e. The predicted molar refractivity (Wildman–Crippen MR) is 64.5 cm³/mol. The van der Waals surface area contributed by atoms with Crippen molar-refractivity contribution in [3.05, 3.63) is 0 Å². The second-order valence-corrected chi connectivity index (χ2v) is 5.82. The second kappa shape index (κ2) is 4.58. The van der Waals surface area contributed by atoms with E-state index in [0.29, 0.717) is 13.0 Å². The quantitative estimate of drug-likeness (QED) is 0.800. The first-order chi connectivity index (χ1) is 8.00. The minimum atomic E-state index is 0.0377. The van der Waals surface area contributed by atoms with Gasteiger partial charge in [0.1, 0.15) is 0 Å². The first-order valence-electron chi connectivity index (χ1n) is 6.52. The summed E-state index contributed by atoms with van der Waals surface area (Å²) >= 11 is 0. The van der Waals surface area contributed by atoms with E-state index in [2.05, 4.69) is 13.8 Å². The van der Waals surface area contributed by atoms with Crippen molar-refractivity contribution in [2.24, 2.45) is 11.3 Å². The zero-order valence-electron chi connectivity index (χ0n) is 11.0. The molecule has 0 aromatic heterocycles. The van der Waals surface area contributed by atoms with E-state index in [1.807, 2.05) is 11.8 Å². The van der Waals surface area contributed by atoms with Gasteiger partial charge in [-0.3, -0.25) is 4.79 Å². The molecule has 0 radical (unpaired) electrons. The fourth-order valence-corrected chi connectivity index (χ4v) is 3.11. The summed E-state index contributed by atoms with van der Waals surface area (Å²) < 4.78 is 5.68. The van der Waals surface area contributed by atoms with Crippen molar-refractivity contribution < 1.29 is 14.6 Å². The van der Waals surface area contributed by atoms with Crippen molar-refractivity contribution in [1.29, 1.82) is 0 Å². The minimum Gasteiger partial charge on any atom is -0.396 e. The lowest BCUT2D eigenvalue weighted by atomic mass is 9.63. The first kappa shape index (κ1) is 12.8. The molecule has 0 bridgehead atoms. The number of hydrogen-bond acceptors (Lipinski definition) is 3. The van der Waals surface area contributed by atoms with Gasteiger partial charge in [-0.1, -0.05) is 13.8 Å². The molecular weight excluding hydrogens is 218 g/mol. The van der Waals surface area contributed by atoms with Crippen LogP contribution in [0.5, 0.6) is 0 Å². The van der Waals surface area contributed by atoms with Gasteiger partial charge in [-0.2, -0.15) is 0 Å². The van der Waals surface area contributed by atoms with Crippen molar-refractivity contribution in [3.8, 4) is 0 Å². The normalized spacial score (nSPS) is 36.1. The van der Waals surface area contributed by atoms with Crippen LogP contribution in [0.25, 0.3) is 0 Å². The van der Waals surface area contributed by atoms with E-state index >= 15 is 0 Å². The minimum absolute atomic E-state index is 0.0377. The van der Waals surface area contributed by atoms with Crippen LogP contribution in [0, 0.1) is 11.3 Å². The number of aliphatic hydroxyl groups is 1. The largest absolute Gasteiger partial charge is 0.396 e. The van der Waals surface area contributed by atoms with Crippen LogP contribution in [0.1, 0.15) is 33.6 Å². The average Bonchev–Trinajstić information content (AvgIpc) is 2.65. The summed E-state index contributed by atoms with van der Waals surface area (Å²) in [6.07, 6.45) is 1.70. The van der Waals surface area contributed by atoms with E-state index < -0.39 is 0 Å². The van der Waals surface area contributed by atoms with Gasteiger partial charge in [-0.15, -0.1) is 0 Å². The highest BCUT2D eigenvalue weighted by Gasteiger charge is 2.54. The van der Waals surface area contributed by atoms with Gasteiger partial charge in [0.25, 0.3) is 0 Å². The number of aliphatic hydroxyl groups excluding tert-OH is 1. The van der Waals surface area contributed by atoms with Crippen LogP contribution in [0.3, 0.4) is 0 Å². The zero-order chi connectivity index (χ0) is 12.6. The Morgan fingerprint density at radius 2 is 2.24 bits per heavy atom. The lowest BCUT2D eigenvalue weighted by Crippen LogP contribution is -2.62. The fraction of sp³-hybridized carbons (Fsp3) is 0.923. The van der Waals surface area contributed by atoms with Gasteiger partial charge in [0, 0.05) is 43.6 Å². The Kier molecular flexibility index (Phi) is 3.46. The Bertz CT molecular complexity index is 303. The van der Waals surface area contributed by atoms with E-state index in [0.717, 1.165) is 13.0 Å². The number of rotatable bonds is 4. The van der Waals surface area contributed by atoms with Crippen LogP contribution in [-0.4, -0.2) is 47.8 Å². The molecule has 1 aliphatic carbocycles. The molecule has 1 amide bonds. The fourth-order valence-electron chi connectivity index (χ4n) is 3.11. The maximum absolute atomic E-state index is 11.9. The van der Waals surface area contributed by atoms with Gasteiger partial charge in [0.2, 0.25) is 5.91 Å². The maximum Gasteiger partial charge on any atom is 0.223 e. The van der Waals surface area contributed by atoms with Crippen molar-refractivity contribution in [2.45, 2.75) is 45.8 Å². The van der Waals surface area contributed by atoms with Crippen LogP contribution in [0.4, 0.5) is 0 Å². The number of likely N-dealkylation sites (tertiary alicyclic amines) is 1. The molecule has 2 rings (SSSR count). The highest BCUT2D eigenvalue weighted by atomic mass is 16.5. The number of hydrogen-bond donors (Lipinski definition) is 1. The molecule has 1 N–H and O–H groups in total. The highest BCUT2D eigenvalue weighted by Crippen LogP contribution is 2.47. The second-order valence-electron chi connectivity index (χ2n) is 5.82. The third kappa shape index (κ3) is 2.08. The van der Waals surface area contributed by atoms with Crippen LogP contribution in [0.15, 0.2) is 0 Å². The van der Waals surface area contributed by atoms with Crippen molar-refractivity contribution in [2.75, 3.05) is 19.8 Å². The van der Waals surface area contributed by atoms with Crippen molar-refractivity contribution >= 4 is 5.91 Å². The summed E-state index contributed by atoms with van der Waals surface area (Å²) in [5, 5.41) is 9.14. The van der Waals surface area contributed by atoms with E-state index in [-0.39, 0.29) is 36.0 Å². The third-order valence-corrected chi connectivity index (χ3v) is 4.37. The summed E-state index contributed by atoms with van der Waals surface area (Å²) in [5.41, 5.74) is 0.0377. The average molecular weight is 241 g/mol. The molecule has 1 aliphatic heterocycles. The van der Waals surface area contributed by atoms with E-state index in [9.17, 15) is 4.79 Å². The molecular formula is C13H23NO3. The topological polar surface area (TPSA) is 49.8 Å². The van der Waals surface area contributed by atoms with Gasteiger partial charge < -0.3 is 14.7 Å². The zero-order valence-corrected chi connectivity index (χ0v) is 11.0. The molecule has 1 saturated carbocycles. The Morgan fingerprint density at radius 1 is 1.53 bits per heavy atom. The Hall–Kier alpha value is -0.610. The molecule has 2 fully saturated rings. The molecule has 4 nitrogen and oxygen atoms in total. The molecule has 0 spiro atoms. The Morgan fingerprint density at radius 3 is 2.71 bits per heavy atom. The molecule has 1 saturated heterocycles. The van der Waals surface area contributed by atoms with Gasteiger partial charge >= 0.3 is 0 Å². The molecule has 0 aromatic rings. The molecule has 1 heterocycles. The summed E-state index contributed by atoms with van der Waals surface area (Å²) in [4.78, 5) is 13.9. The number of amides is 1. The molecule has 4 heteroatoms. The number of carbonyl (C=O) groups is 1.